The molecule has 1 aromatic rings. The number of ether oxygens (including phenoxy) is 1. The van der Waals surface area contributed by atoms with Gasteiger partial charge in [-0.05, 0) is 37.8 Å². The number of aromatic nitrogens is 1. The monoisotopic (exact) mass is 280 g/mol. The quantitative estimate of drug-likeness (QED) is 0.675. The van der Waals surface area contributed by atoms with Crippen molar-refractivity contribution in [1.82, 2.24) is 10.3 Å². The zero-order valence-electron chi connectivity index (χ0n) is 11.3. The molecule has 0 spiro atoms. The molecule has 1 N–H and O–H groups in total. The molecule has 5 nitrogen and oxygen atoms in total. The lowest BCUT2D eigenvalue weighted by Crippen LogP contribution is -2.39. The molecule has 0 atom stereocenters. The van der Waals surface area contributed by atoms with Crippen LogP contribution in [0.15, 0.2) is 18.3 Å². The van der Waals surface area contributed by atoms with E-state index >= 15 is 0 Å². The van der Waals surface area contributed by atoms with Crippen LogP contribution in [-0.2, 0) is 9.53 Å². The fourth-order valence-corrected chi connectivity index (χ4v) is 2.46. The zero-order chi connectivity index (χ0) is 14.5. The molecule has 108 valence electrons. The van der Waals surface area contributed by atoms with E-state index in [2.05, 4.69) is 10.3 Å². The summed E-state index contributed by atoms with van der Waals surface area (Å²) in [4.78, 5) is 26.8. The number of hydrogen-bond donors (Lipinski definition) is 1. The van der Waals surface area contributed by atoms with Crippen LogP contribution in [-0.4, -0.2) is 30.0 Å². The number of esters is 1. The van der Waals surface area contributed by atoms with Crippen molar-refractivity contribution in [2.45, 2.75) is 31.7 Å². The maximum atomic E-state index is 13.4. The summed E-state index contributed by atoms with van der Waals surface area (Å²) >= 11 is 0. The first-order valence-electron chi connectivity index (χ1n) is 6.61. The molecule has 1 aromatic heterocycles. The number of rotatable bonds is 3. The van der Waals surface area contributed by atoms with Gasteiger partial charge in [-0.25, -0.2) is 4.98 Å². The minimum atomic E-state index is -0.770. The van der Waals surface area contributed by atoms with E-state index in [-0.39, 0.29) is 23.5 Å². The van der Waals surface area contributed by atoms with Crippen molar-refractivity contribution in [3.05, 3.63) is 29.8 Å². The van der Waals surface area contributed by atoms with Crippen LogP contribution in [0.4, 0.5) is 4.39 Å². The second kappa shape index (κ2) is 6.45. The fraction of sp³-hybridized carbons (Fsp3) is 0.500. The Hall–Kier alpha value is -1.98. The average Bonchev–Trinajstić information content (AvgIpc) is 2.47. The molecular formula is C14H17FN2O3. The number of carbonyl (C=O) groups excluding carboxylic acids is 2. The third-order valence-electron chi connectivity index (χ3n) is 3.60. The number of carbonyl (C=O) groups is 2. The molecule has 2 rings (SSSR count). The van der Waals surface area contributed by atoms with Gasteiger partial charge in [0.1, 0.15) is 0 Å². The summed E-state index contributed by atoms with van der Waals surface area (Å²) in [6.07, 6.45) is 4.02. The van der Waals surface area contributed by atoms with Crippen LogP contribution < -0.4 is 5.32 Å². The first-order chi connectivity index (χ1) is 9.61. The second-order valence-corrected chi connectivity index (χ2v) is 4.89. The van der Waals surface area contributed by atoms with Crippen molar-refractivity contribution in [3.8, 4) is 0 Å². The van der Waals surface area contributed by atoms with Crippen LogP contribution in [0.2, 0.25) is 0 Å². The zero-order valence-corrected chi connectivity index (χ0v) is 11.3. The Bertz CT molecular complexity index is 499. The SMILES string of the molecule is COC(=O)C1CCC(NC(=O)c2cccnc2F)CC1. The standard InChI is InChI=1S/C14H17FN2O3/c1-20-14(19)9-4-6-10(7-5-9)17-13(18)11-3-2-8-16-12(11)15/h2-3,8-10H,4-7H2,1H3,(H,17,18). The molecule has 20 heavy (non-hydrogen) atoms. The van der Waals surface area contributed by atoms with Gasteiger partial charge in [-0.15, -0.1) is 0 Å². The van der Waals surface area contributed by atoms with Crippen LogP contribution in [0, 0.1) is 11.9 Å². The molecular weight excluding hydrogens is 263 g/mol. The molecule has 0 unspecified atom stereocenters. The highest BCUT2D eigenvalue weighted by Crippen LogP contribution is 2.25. The van der Waals surface area contributed by atoms with Gasteiger partial charge in [-0.3, -0.25) is 9.59 Å². The molecule has 1 amide bonds. The van der Waals surface area contributed by atoms with Crippen LogP contribution in [0.25, 0.3) is 0 Å². The molecule has 1 fully saturated rings. The average molecular weight is 280 g/mol. The Labute approximate surface area is 116 Å². The largest absolute Gasteiger partial charge is 0.469 e. The molecule has 0 radical (unpaired) electrons. The highest BCUT2D eigenvalue weighted by molar-refractivity contribution is 5.94. The van der Waals surface area contributed by atoms with Gasteiger partial charge in [0, 0.05) is 12.2 Å². The summed E-state index contributed by atoms with van der Waals surface area (Å²) in [6.45, 7) is 0. The Morgan fingerprint density at radius 1 is 1.35 bits per heavy atom. The minimum Gasteiger partial charge on any atom is -0.469 e. The first-order valence-corrected chi connectivity index (χ1v) is 6.61. The number of nitrogens with one attached hydrogen (secondary N) is 1. The molecule has 0 aliphatic heterocycles. The maximum absolute atomic E-state index is 13.4. The normalized spacial score (nSPS) is 22.1. The topological polar surface area (TPSA) is 68.3 Å². The number of nitrogens with zero attached hydrogens (tertiary/aromatic N) is 1. The van der Waals surface area contributed by atoms with Gasteiger partial charge in [0.15, 0.2) is 0 Å². The summed E-state index contributed by atoms with van der Waals surface area (Å²) in [5, 5.41) is 2.78. The van der Waals surface area contributed by atoms with E-state index in [4.69, 9.17) is 4.74 Å². The molecule has 0 aromatic carbocycles. The predicted octanol–water partition coefficient (Wildman–Crippen LogP) is 1.68. The van der Waals surface area contributed by atoms with Gasteiger partial charge in [0.05, 0.1) is 18.6 Å². The van der Waals surface area contributed by atoms with Crippen molar-refractivity contribution >= 4 is 11.9 Å². The van der Waals surface area contributed by atoms with Crippen molar-refractivity contribution in [1.29, 1.82) is 0 Å². The first kappa shape index (κ1) is 14.4. The second-order valence-electron chi connectivity index (χ2n) is 4.89. The van der Waals surface area contributed by atoms with E-state index < -0.39 is 11.9 Å². The molecule has 1 saturated carbocycles. The van der Waals surface area contributed by atoms with Crippen LogP contribution in [0.5, 0.6) is 0 Å². The van der Waals surface area contributed by atoms with Crippen LogP contribution >= 0.6 is 0 Å². The van der Waals surface area contributed by atoms with Crippen LogP contribution in [0.3, 0.4) is 0 Å². The van der Waals surface area contributed by atoms with Gasteiger partial charge >= 0.3 is 5.97 Å². The summed E-state index contributed by atoms with van der Waals surface area (Å²) in [7, 11) is 1.38. The molecule has 0 saturated heterocycles. The summed E-state index contributed by atoms with van der Waals surface area (Å²) in [5.74, 6) is -1.53. The van der Waals surface area contributed by atoms with E-state index in [0.29, 0.717) is 25.7 Å². The Morgan fingerprint density at radius 3 is 2.65 bits per heavy atom. The lowest BCUT2D eigenvalue weighted by atomic mass is 9.86. The predicted molar refractivity (Wildman–Crippen MR) is 69.4 cm³/mol. The lowest BCUT2D eigenvalue weighted by Gasteiger charge is -2.27. The molecule has 1 heterocycles. The van der Waals surface area contributed by atoms with E-state index in [0.717, 1.165) is 0 Å². The minimum absolute atomic E-state index is 0.0389. The van der Waals surface area contributed by atoms with E-state index in [9.17, 15) is 14.0 Å². The van der Waals surface area contributed by atoms with E-state index in [1.807, 2.05) is 0 Å². The Balaban J connectivity index is 1.88. The molecule has 0 bridgehead atoms. The van der Waals surface area contributed by atoms with Gasteiger partial charge in [0.2, 0.25) is 5.95 Å². The van der Waals surface area contributed by atoms with E-state index in [1.54, 1.807) is 0 Å². The third-order valence-corrected chi connectivity index (χ3v) is 3.60. The molecule has 6 heteroatoms. The van der Waals surface area contributed by atoms with Gasteiger partial charge in [0.25, 0.3) is 5.91 Å². The summed E-state index contributed by atoms with van der Waals surface area (Å²) < 4.78 is 18.1. The number of hydrogen-bond acceptors (Lipinski definition) is 4. The number of amides is 1. The molecule has 1 aliphatic carbocycles. The number of methoxy groups -OCH3 is 1. The third kappa shape index (κ3) is 3.31. The Kier molecular flexibility index (Phi) is 4.65. The van der Waals surface area contributed by atoms with Gasteiger partial charge in [-0.1, -0.05) is 0 Å². The van der Waals surface area contributed by atoms with Crippen molar-refractivity contribution in [2.24, 2.45) is 5.92 Å². The number of halogens is 1. The maximum Gasteiger partial charge on any atom is 0.308 e. The van der Waals surface area contributed by atoms with Crippen molar-refractivity contribution in [3.63, 3.8) is 0 Å². The molecule has 1 aliphatic rings. The highest BCUT2D eigenvalue weighted by Gasteiger charge is 2.28. The number of pyridine rings is 1. The lowest BCUT2D eigenvalue weighted by molar-refractivity contribution is -0.146. The van der Waals surface area contributed by atoms with Gasteiger partial charge in [-0.2, -0.15) is 4.39 Å². The van der Waals surface area contributed by atoms with Crippen LogP contribution in [0.1, 0.15) is 36.0 Å². The smallest absolute Gasteiger partial charge is 0.308 e. The van der Waals surface area contributed by atoms with Crippen molar-refractivity contribution < 1.29 is 18.7 Å². The summed E-state index contributed by atoms with van der Waals surface area (Å²) in [5.41, 5.74) is -0.0532. The fourth-order valence-electron chi connectivity index (χ4n) is 2.46. The van der Waals surface area contributed by atoms with E-state index in [1.165, 1.54) is 25.4 Å². The van der Waals surface area contributed by atoms with Crippen molar-refractivity contribution in [2.75, 3.05) is 7.11 Å². The Morgan fingerprint density at radius 2 is 2.05 bits per heavy atom. The van der Waals surface area contributed by atoms with Gasteiger partial charge < -0.3 is 10.1 Å². The highest BCUT2D eigenvalue weighted by atomic mass is 19.1. The summed E-state index contributed by atoms with van der Waals surface area (Å²) in [6, 6.07) is 2.88.